The minimum Gasteiger partial charge on any atom is -0.456 e. The van der Waals surface area contributed by atoms with Gasteiger partial charge < -0.3 is 9.32 Å². The molecule has 8 rings (SSSR count). The molecule has 0 atom stereocenters. The summed E-state index contributed by atoms with van der Waals surface area (Å²) in [6, 6.07) is 24.5. The predicted octanol–water partition coefficient (Wildman–Crippen LogP) is 11.5. The molecule has 0 aliphatic heterocycles. The molecule has 0 fully saturated rings. The van der Waals surface area contributed by atoms with Gasteiger partial charge in [0.15, 0.2) is 0 Å². The first-order valence-electron chi connectivity index (χ1n) is 18.9. The number of nitrogens with zero attached hydrogens (tertiary/aromatic N) is 1. The normalized spacial score (nSPS) is 15.0. The largest absolute Gasteiger partial charge is 0.456 e. The van der Waals surface area contributed by atoms with E-state index in [1.807, 2.05) is 78.9 Å². The molecule has 0 amide bonds. The molecule has 0 aliphatic rings. The van der Waals surface area contributed by atoms with Crippen LogP contribution in [0.15, 0.2) is 168 Å². The molecule has 1 aromatic heterocycles. The van der Waals surface area contributed by atoms with Crippen LogP contribution in [0.4, 0.5) is 17.1 Å². The van der Waals surface area contributed by atoms with Gasteiger partial charge in [-0.15, -0.1) is 0 Å². The van der Waals surface area contributed by atoms with Crippen LogP contribution in [0.2, 0.25) is 0 Å². The van der Waals surface area contributed by atoms with Gasteiger partial charge in [0.05, 0.1) is 15.1 Å². The van der Waals surface area contributed by atoms with E-state index in [0.29, 0.717) is 16.7 Å². The molecule has 0 spiro atoms. The van der Waals surface area contributed by atoms with Gasteiger partial charge in [0.2, 0.25) is 0 Å². The first-order valence-corrected chi connectivity index (χ1v) is 13.4. The number of anilines is 3. The standard InChI is InChI=1S/C40H27NO/c1-4-11-28(12-5-1)35-18-10-13-29-19-20-30(25-38(29)35)31-21-23-36-37-24-22-34(27-40(37)42-39(36)26-31)41(32-14-6-2-7-15-32)33-16-8-3-9-17-33/h1-27H/i1D,4D,5D,10D,11D,12D,13D,18D,19D,20D,25D. The number of benzene rings is 7. The molecule has 198 valence electrons. The molecule has 1 heterocycles. The molecule has 0 aliphatic carbocycles. The predicted molar refractivity (Wildman–Crippen MR) is 177 cm³/mol. The van der Waals surface area contributed by atoms with Crippen molar-refractivity contribution in [1.82, 2.24) is 0 Å². The van der Waals surface area contributed by atoms with E-state index in [2.05, 4.69) is 4.90 Å². The molecule has 0 N–H and O–H groups in total. The molecule has 7 aromatic carbocycles. The maximum Gasteiger partial charge on any atom is 0.137 e. The van der Waals surface area contributed by atoms with Crippen molar-refractivity contribution in [2.45, 2.75) is 0 Å². The smallest absolute Gasteiger partial charge is 0.137 e. The number of hydrogen-bond donors (Lipinski definition) is 0. The van der Waals surface area contributed by atoms with Crippen LogP contribution in [0.3, 0.4) is 0 Å². The molecule has 0 bridgehead atoms. The third-order valence-electron chi connectivity index (χ3n) is 7.22. The Kier molecular flexibility index (Phi) is 3.71. The Hall–Kier alpha value is -5.60. The number of furan rings is 1. The van der Waals surface area contributed by atoms with Crippen molar-refractivity contribution in [2.24, 2.45) is 0 Å². The van der Waals surface area contributed by atoms with Gasteiger partial charge in [-0.05, 0) is 87.6 Å². The summed E-state index contributed by atoms with van der Waals surface area (Å²) in [4.78, 5) is 2.11. The second-order valence-corrected chi connectivity index (χ2v) is 9.75. The van der Waals surface area contributed by atoms with Crippen LogP contribution in [0.5, 0.6) is 0 Å². The van der Waals surface area contributed by atoms with E-state index < -0.39 is 66.0 Å². The Balaban J connectivity index is 1.35. The van der Waals surface area contributed by atoms with Gasteiger partial charge in [0, 0.05) is 33.9 Å². The third kappa shape index (κ3) is 4.22. The summed E-state index contributed by atoms with van der Waals surface area (Å²) in [6.07, 6.45) is 0. The Morgan fingerprint density at radius 2 is 1.17 bits per heavy atom. The Bertz CT molecular complexity index is 2730. The van der Waals surface area contributed by atoms with E-state index in [4.69, 9.17) is 18.1 Å². The minimum atomic E-state index is -0.667. The summed E-state index contributed by atoms with van der Waals surface area (Å²) < 4.78 is 101. The van der Waals surface area contributed by atoms with Gasteiger partial charge in [-0.3, -0.25) is 0 Å². The zero-order valence-corrected chi connectivity index (χ0v) is 22.1. The van der Waals surface area contributed by atoms with Crippen molar-refractivity contribution in [1.29, 1.82) is 0 Å². The highest BCUT2D eigenvalue weighted by atomic mass is 16.3. The molecule has 0 saturated heterocycles. The fourth-order valence-corrected chi connectivity index (χ4v) is 5.27. The maximum atomic E-state index is 9.39. The van der Waals surface area contributed by atoms with Crippen molar-refractivity contribution in [3.05, 3.63) is 164 Å². The lowest BCUT2D eigenvalue weighted by Gasteiger charge is -2.25. The fourth-order valence-electron chi connectivity index (χ4n) is 5.27. The highest BCUT2D eigenvalue weighted by molar-refractivity contribution is 6.07. The summed E-state index contributed by atoms with van der Waals surface area (Å²) in [7, 11) is 0. The minimum absolute atomic E-state index is 0.0324. The molecule has 0 unspecified atom stereocenters. The molecule has 8 aromatic rings. The Morgan fingerprint density at radius 3 is 1.90 bits per heavy atom. The van der Waals surface area contributed by atoms with Crippen LogP contribution in [-0.2, 0) is 0 Å². The first kappa shape index (κ1) is 15.4. The van der Waals surface area contributed by atoms with Gasteiger partial charge in [0.25, 0.3) is 0 Å². The molecular weight excluding hydrogens is 510 g/mol. The van der Waals surface area contributed by atoms with Crippen molar-refractivity contribution in [2.75, 3.05) is 4.90 Å². The Labute approximate surface area is 260 Å². The monoisotopic (exact) mass is 548 g/mol. The van der Waals surface area contributed by atoms with Crippen LogP contribution in [0.25, 0.3) is 55.0 Å². The second-order valence-electron chi connectivity index (χ2n) is 9.75. The van der Waals surface area contributed by atoms with Gasteiger partial charge in [-0.1, -0.05) is 103 Å². The molecule has 0 radical (unpaired) electrons. The van der Waals surface area contributed by atoms with E-state index in [0.717, 1.165) is 27.8 Å². The van der Waals surface area contributed by atoms with Crippen LogP contribution in [-0.4, -0.2) is 0 Å². The number of hydrogen-bond acceptors (Lipinski definition) is 2. The summed E-state index contributed by atoms with van der Waals surface area (Å²) >= 11 is 0. The second kappa shape index (κ2) is 10.1. The van der Waals surface area contributed by atoms with Crippen molar-refractivity contribution in [3.8, 4) is 22.3 Å². The van der Waals surface area contributed by atoms with Crippen LogP contribution in [0, 0.1) is 0 Å². The van der Waals surface area contributed by atoms with Crippen molar-refractivity contribution in [3.63, 3.8) is 0 Å². The number of rotatable bonds is 5. The van der Waals surface area contributed by atoms with Gasteiger partial charge in [-0.2, -0.15) is 0 Å². The van der Waals surface area contributed by atoms with Crippen molar-refractivity contribution >= 4 is 49.8 Å². The highest BCUT2D eigenvalue weighted by Gasteiger charge is 2.15. The first-order chi connectivity index (χ1) is 25.4. The quantitative estimate of drug-likeness (QED) is 0.213. The van der Waals surface area contributed by atoms with Gasteiger partial charge in [0.1, 0.15) is 11.2 Å². The third-order valence-corrected chi connectivity index (χ3v) is 7.22. The summed E-state index contributed by atoms with van der Waals surface area (Å²) in [6.45, 7) is 0. The summed E-state index contributed by atoms with van der Waals surface area (Å²) in [5.41, 5.74) is 3.35. The lowest BCUT2D eigenvalue weighted by atomic mass is 9.94. The molecule has 42 heavy (non-hydrogen) atoms. The zero-order chi connectivity index (χ0) is 37.5. The average Bonchev–Trinajstić information content (AvgIpc) is 3.53. The van der Waals surface area contributed by atoms with Gasteiger partial charge >= 0.3 is 0 Å². The molecule has 2 nitrogen and oxygen atoms in total. The molecule has 0 saturated carbocycles. The Morgan fingerprint density at radius 1 is 0.476 bits per heavy atom. The summed E-state index contributed by atoms with van der Waals surface area (Å²) in [5.74, 6) is 0. The average molecular weight is 549 g/mol. The van der Waals surface area contributed by atoms with Gasteiger partial charge in [-0.25, -0.2) is 0 Å². The lowest BCUT2D eigenvalue weighted by Crippen LogP contribution is -2.09. The number of fused-ring (bicyclic) bond motifs is 4. The van der Waals surface area contributed by atoms with Crippen LogP contribution >= 0.6 is 0 Å². The van der Waals surface area contributed by atoms with E-state index in [1.54, 1.807) is 18.2 Å². The molecular formula is C40H27NO. The fraction of sp³-hybridized carbons (Fsp3) is 0. The zero-order valence-electron chi connectivity index (χ0n) is 33.1. The van der Waals surface area contributed by atoms with Crippen molar-refractivity contribution < 1.29 is 19.5 Å². The van der Waals surface area contributed by atoms with Crippen LogP contribution < -0.4 is 4.90 Å². The van der Waals surface area contributed by atoms with Crippen LogP contribution in [0.1, 0.15) is 15.1 Å². The van der Waals surface area contributed by atoms with E-state index in [1.165, 1.54) is 0 Å². The topological polar surface area (TPSA) is 16.4 Å². The lowest BCUT2D eigenvalue weighted by molar-refractivity contribution is 0.669. The summed E-state index contributed by atoms with van der Waals surface area (Å²) in [5, 5.41) is 1.09. The number of para-hydroxylation sites is 2. The SMILES string of the molecule is [2H]c1c([2H])c([2H])c(-c2c([2H])c([2H])c([2H])c3c([2H])c([2H])c(-c4ccc5c(c4)oc4cc(N(c6ccccc6)c6ccccc6)ccc45)c([2H])c23)c([2H])c1[2H]. The van der Waals surface area contributed by atoms with E-state index in [-0.39, 0.29) is 27.9 Å². The molecule has 2 heteroatoms. The maximum absolute atomic E-state index is 9.39. The van der Waals surface area contributed by atoms with E-state index in [9.17, 15) is 1.37 Å². The highest BCUT2D eigenvalue weighted by Crippen LogP contribution is 2.39. The van der Waals surface area contributed by atoms with E-state index >= 15 is 0 Å².